The fourth-order valence-corrected chi connectivity index (χ4v) is 2.30. The number of amides is 1. The van der Waals surface area contributed by atoms with Crippen molar-refractivity contribution in [3.63, 3.8) is 0 Å². The molecule has 1 atom stereocenters. The molecule has 0 bridgehead atoms. The Hall–Kier alpha value is -2.93. The van der Waals surface area contributed by atoms with Crippen molar-refractivity contribution in [2.75, 3.05) is 19.8 Å². The van der Waals surface area contributed by atoms with Gasteiger partial charge in [0, 0.05) is 19.2 Å². The topological polar surface area (TPSA) is 90.7 Å². The monoisotopic (exact) mass is 358 g/mol. The number of benzene rings is 2. The minimum atomic E-state index is -0.543. The van der Waals surface area contributed by atoms with Crippen LogP contribution in [0, 0.1) is 10.1 Å². The van der Waals surface area contributed by atoms with Crippen LogP contribution in [0.25, 0.3) is 0 Å². The zero-order valence-electron chi connectivity index (χ0n) is 14.6. The Morgan fingerprint density at radius 2 is 1.85 bits per heavy atom. The minimum absolute atomic E-state index is 0.00568. The molecule has 2 rings (SSSR count). The first kappa shape index (κ1) is 19.4. The molecule has 26 heavy (non-hydrogen) atoms. The van der Waals surface area contributed by atoms with Gasteiger partial charge in [0.05, 0.1) is 11.0 Å². The second-order valence-electron chi connectivity index (χ2n) is 5.64. The van der Waals surface area contributed by atoms with Crippen LogP contribution in [0.2, 0.25) is 0 Å². The third-order valence-corrected chi connectivity index (χ3v) is 3.70. The number of ether oxygens (including phenoxy) is 2. The summed E-state index contributed by atoms with van der Waals surface area (Å²) in [6.07, 6.45) is 0.655. The van der Waals surface area contributed by atoms with Crippen molar-refractivity contribution in [2.24, 2.45) is 0 Å². The first-order valence-electron chi connectivity index (χ1n) is 8.37. The van der Waals surface area contributed by atoms with E-state index in [-0.39, 0.29) is 30.1 Å². The molecule has 0 heterocycles. The van der Waals surface area contributed by atoms with E-state index in [9.17, 15) is 14.9 Å². The number of hydrogen-bond donors (Lipinski definition) is 1. The highest BCUT2D eigenvalue weighted by Crippen LogP contribution is 2.25. The Kier molecular flexibility index (Phi) is 7.57. The normalized spacial score (nSPS) is 11.6. The third kappa shape index (κ3) is 6.18. The van der Waals surface area contributed by atoms with E-state index in [1.165, 1.54) is 12.1 Å². The molecule has 1 unspecified atom stereocenters. The van der Waals surface area contributed by atoms with Gasteiger partial charge in [-0.3, -0.25) is 14.9 Å². The number of rotatable bonds is 10. The van der Waals surface area contributed by atoms with Crippen LogP contribution in [0.1, 0.15) is 25.0 Å². The average molecular weight is 358 g/mol. The number of hydrogen-bond acceptors (Lipinski definition) is 5. The standard InChI is InChI=1S/C19H22N2O5/c1-15(16-8-3-2-4-9-16)25-13-7-12-20-19(22)14-26-18-11-6-5-10-17(18)21(23)24/h2-6,8-11,15H,7,12-14H2,1H3,(H,20,22). The van der Waals surface area contributed by atoms with Gasteiger partial charge in [0.15, 0.2) is 12.4 Å². The average Bonchev–Trinajstić information content (AvgIpc) is 2.66. The Labute approximate surface area is 152 Å². The second-order valence-corrected chi connectivity index (χ2v) is 5.64. The highest BCUT2D eigenvalue weighted by atomic mass is 16.6. The zero-order valence-corrected chi connectivity index (χ0v) is 14.6. The SMILES string of the molecule is CC(OCCCNC(=O)COc1ccccc1[N+](=O)[O-])c1ccccc1. The fourth-order valence-electron chi connectivity index (χ4n) is 2.30. The molecule has 2 aromatic carbocycles. The van der Waals surface area contributed by atoms with Gasteiger partial charge in [0.1, 0.15) is 0 Å². The lowest BCUT2D eigenvalue weighted by molar-refractivity contribution is -0.385. The van der Waals surface area contributed by atoms with Crippen molar-refractivity contribution in [1.82, 2.24) is 5.32 Å². The third-order valence-electron chi connectivity index (χ3n) is 3.70. The van der Waals surface area contributed by atoms with E-state index < -0.39 is 4.92 Å². The minimum Gasteiger partial charge on any atom is -0.477 e. The van der Waals surface area contributed by atoms with Crippen LogP contribution in [-0.4, -0.2) is 30.6 Å². The van der Waals surface area contributed by atoms with Crippen LogP contribution in [0.3, 0.4) is 0 Å². The van der Waals surface area contributed by atoms with Gasteiger partial charge in [0.25, 0.3) is 5.91 Å². The summed E-state index contributed by atoms with van der Waals surface area (Å²) in [5, 5.41) is 13.6. The molecule has 0 spiro atoms. The summed E-state index contributed by atoms with van der Waals surface area (Å²) >= 11 is 0. The van der Waals surface area contributed by atoms with E-state index in [1.807, 2.05) is 37.3 Å². The number of carbonyl (C=O) groups is 1. The molecule has 7 heteroatoms. The quantitative estimate of drug-likeness (QED) is 0.400. The molecule has 0 saturated heterocycles. The lowest BCUT2D eigenvalue weighted by atomic mass is 10.1. The molecule has 0 aliphatic heterocycles. The summed E-state index contributed by atoms with van der Waals surface area (Å²) in [4.78, 5) is 22.1. The molecule has 0 aliphatic rings. The van der Waals surface area contributed by atoms with E-state index in [1.54, 1.807) is 12.1 Å². The number of nitrogens with one attached hydrogen (secondary N) is 1. The van der Waals surface area contributed by atoms with E-state index in [0.717, 1.165) is 5.56 Å². The molecule has 0 fully saturated rings. The van der Waals surface area contributed by atoms with Crippen molar-refractivity contribution >= 4 is 11.6 Å². The van der Waals surface area contributed by atoms with Crippen molar-refractivity contribution in [3.05, 3.63) is 70.3 Å². The maximum atomic E-state index is 11.8. The number of carbonyl (C=O) groups excluding carboxylic acids is 1. The number of para-hydroxylation sites is 2. The first-order valence-corrected chi connectivity index (χ1v) is 8.37. The number of nitrogens with zero attached hydrogens (tertiary/aromatic N) is 1. The molecule has 0 aromatic heterocycles. The Morgan fingerprint density at radius 1 is 1.15 bits per heavy atom. The zero-order chi connectivity index (χ0) is 18.8. The van der Waals surface area contributed by atoms with Gasteiger partial charge in [-0.2, -0.15) is 0 Å². The van der Waals surface area contributed by atoms with Crippen molar-refractivity contribution in [3.8, 4) is 5.75 Å². The van der Waals surface area contributed by atoms with Gasteiger partial charge in [-0.1, -0.05) is 42.5 Å². The van der Waals surface area contributed by atoms with Gasteiger partial charge in [0.2, 0.25) is 0 Å². The lowest BCUT2D eigenvalue weighted by Crippen LogP contribution is -2.30. The molecule has 7 nitrogen and oxygen atoms in total. The van der Waals surface area contributed by atoms with Crippen LogP contribution < -0.4 is 10.1 Å². The van der Waals surface area contributed by atoms with Gasteiger partial charge < -0.3 is 14.8 Å². The Balaban J connectivity index is 1.63. The van der Waals surface area contributed by atoms with Crippen molar-refractivity contribution in [1.29, 1.82) is 0 Å². The van der Waals surface area contributed by atoms with E-state index in [0.29, 0.717) is 19.6 Å². The van der Waals surface area contributed by atoms with Crippen molar-refractivity contribution < 1.29 is 19.2 Å². The highest BCUT2D eigenvalue weighted by Gasteiger charge is 2.14. The summed E-state index contributed by atoms with van der Waals surface area (Å²) in [6, 6.07) is 15.9. The van der Waals surface area contributed by atoms with Crippen molar-refractivity contribution in [2.45, 2.75) is 19.4 Å². The lowest BCUT2D eigenvalue weighted by Gasteiger charge is -2.13. The molecule has 1 N–H and O–H groups in total. The number of nitro groups is 1. The van der Waals surface area contributed by atoms with E-state index in [2.05, 4.69) is 5.32 Å². The summed E-state index contributed by atoms with van der Waals surface area (Å²) in [7, 11) is 0. The van der Waals surface area contributed by atoms with Crippen LogP contribution in [-0.2, 0) is 9.53 Å². The first-order chi connectivity index (χ1) is 12.6. The maximum absolute atomic E-state index is 11.8. The fraction of sp³-hybridized carbons (Fsp3) is 0.316. The van der Waals surface area contributed by atoms with Crippen LogP contribution >= 0.6 is 0 Å². The smallest absolute Gasteiger partial charge is 0.310 e. The largest absolute Gasteiger partial charge is 0.477 e. The highest BCUT2D eigenvalue weighted by molar-refractivity contribution is 5.77. The summed E-state index contributed by atoms with van der Waals surface area (Å²) in [5.74, 6) is -0.257. The molecular formula is C19H22N2O5. The van der Waals surface area contributed by atoms with Crippen LogP contribution in [0.15, 0.2) is 54.6 Å². The van der Waals surface area contributed by atoms with E-state index >= 15 is 0 Å². The van der Waals surface area contributed by atoms with Gasteiger partial charge in [-0.15, -0.1) is 0 Å². The molecule has 0 radical (unpaired) electrons. The summed E-state index contributed by atoms with van der Waals surface area (Å²) in [6.45, 7) is 2.67. The number of nitro benzene ring substituents is 1. The predicted molar refractivity (Wildman–Crippen MR) is 97.0 cm³/mol. The summed E-state index contributed by atoms with van der Waals surface area (Å²) < 4.78 is 11.0. The van der Waals surface area contributed by atoms with Gasteiger partial charge in [-0.05, 0) is 25.0 Å². The molecule has 0 saturated carbocycles. The summed E-state index contributed by atoms with van der Waals surface area (Å²) in [5.41, 5.74) is 0.943. The molecular weight excluding hydrogens is 336 g/mol. The van der Waals surface area contributed by atoms with E-state index in [4.69, 9.17) is 9.47 Å². The Morgan fingerprint density at radius 3 is 2.58 bits per heavy atom. The molecule has 0 aliphatic carbocycles. The molecule has 1 amide bonds. The molecule has 2 aromatic rings. The van der Waals surface area contributed by atoms with Crippen LogP contribution in [0.4, 0.5) is 5.69 Å². The maximum Gasteiger partial charge on any atom is 0.310 e. The second kappa shape index (κ2) is 10.1. The van der Waals surface area contributed by atoms with Crippen LogP contribution in [0.5, 0.6) is 5.75 Å². The predicted octanol–water partition coefficient (Wildman–Crippen LogP) is 3.26. The van der Waals surface area contributed by atoms with Gasteiger partial charge >= 0.3 is 5.69 Å². The molecule has 138 valence electrons. The van der Waals surface area contributed by atoms with Gasteiger partial charge in [-0.25, -0.2) is 0 Å². The Bertz CT molecular complexity index is 721.